The molecule has 164 valence electrons. The fourth-order valence-corrected chi connectivity index (χ4v) is 4.41. The number of halogens is 2. The molecule has 0 N–H and O–H groups in total. The molecule has 0 aromatic heterocycles. The Morgan fingerprint density at radius 2 is 1.06 bits per heavy atom. The molecule has 3 aromatic rings. The fourth-order valence-electron chi connectivity index (χ4n) is 3.17. The summed E-state index contributed by atoms with van der Waals surface area (Å²) in [6, 6.07) is 30.6. The van der Waals surface area contributed by atoms with Gasteiger partial charge >= 0.3 is 0 Å². The minimum Gasteiger partial charge on any atom is -0.376 e. The van der Waals surface area contributed by atoms with Crippen LogP contribution in [0, 0.1) is 0 Å². The van der Waals surface area contributed by atoms with Crippen molar-refractivity contribution < 1.29 is 14.2 Å². The maximum absolute atomic E-state index is 6.35. The van der Waals surface area contributed by atoms with Gasteiger partial charge in [0.15, 0.2) is 0 Å². The van der Waals surface area contributed by atoms with E-state index in [4.69, 9.17) is 14.2 Å². The van der Waals surface area contributed by atoms with E-state index >= 15 is 0 Å². The maximum Gasteiger partial charge on any atom is 0.0996 e. The number of hydrogen-bond acceptors (Lipinski definition) is 3. The second-order valence-electron chi connectivity index (χ2n) is 7.27. The van der Waals surface area contributed by atoms with Crippen molar-refractivity contribution in [1.82, 2.24) is 0 Å². The number of hydrogen-bond donors (Lipinski definition) is 0. The van der Waals surface area contributed by atoms with E-state index in [0.717, 1.165) is 16.7 Å². The van der Waals surface area contributed by atoms with Crippen LogP contribution < -0.4 is 0 Å². The largest absolute Gasteiger partial charge is 0.376 e. The van der Waals surface area contributed by atoms with Crippen molar-refractivity contribution in [3.05, 3.63) is 108 Å². The van der Waals surface area contributed by atoms with Crippen molar-refractivity contribution in [1.29, 1.82) is 0 Å². The lowest BCUT2D eigenvalue weighted by Crippen LogP contribution is -2.41. The molecule has 0 amide bonds. The van der Waals surface area contributed by atoms with Crippen LogP contribution >= 0.6 is 31.9 Å². The van der Waals surface area contributed by atoms with Crippen molar-refractivity contribution in [3.63, 3.8) is 0 Å². The molecule has 0 saturated heterocycles. The molecule has 3 rings (SSSR count). The van der Waals surface area contributed by atoms with Gasteiger partial charge < -0.3 is 14.2 Å². The predicted molar refractivity (Wildman–Crippen MR) is 133 cm³/mol. The molecule has 0 aliphatic carbocycles. The SMILES string of the molecule is BrC[C@H](OCc1ccccc1)[C@H](OCc1ccccc1)[C@H](Br)COCc1ccccc1. The summed E-state index contributed by atoms with van der Waals surface area (Å²) in [6.07, 6.45) is -0.312. The Kier molecular flexibility index (Phi) is 10.8. The number of ether oxygens (including phenoxy) is 3. The van der Waals surface area contributed by atoms with Gasteiger partial charge in [-0.1, -0.05) is 123 Å². The average Bonchev–Trinajstić information content (AvgIpc) is 2.83. The smallest absolute Gasteiger partial charge is 0.0996 e. The molecule has 0 radical (unpaired) electrons. The minimum atomic E-state index is -0.181. The van der Waals surface area contributed by atoms with Crippen LogP contribution in [0.3, 0.4) is 0 Å². The zero-order valence-electron chi connectivity index (χ0n) is 17.4. The van der Waals surface area contributed by atoms with Gasteiger partial charge in [-0.3, -0.25) is 0 Å². The lowest BCUT2D eigenvalue weighted by atomic mass is 10.1. The molecule has 3 aromatic carbocycles. The van der Waals surface area contributed by atoms with Crippen LogP contribution in [0.1, 0.15) is 16.7 Å². The van der Waals surface area contributed by atoms with Crippen LogP contribution in [0.2, 0.25) is 0 Å². The van der Waals surface area contributed by atoms with E-state index in [1.54, 1.807) is 0 Å². The van der Waals surface area contributed by atoms with Crippen molar-refractivity contribution in [2.45, 2.75) is 36.9 Å². The molecule has 0 unspecified atom stereocenters. The Hall–Kier alpha value is -1.50. The van der Waals surface area contributed by atoms with Gasteiger partial charge in [0.1, 0.15) is 0 Å². The van der Waals surface area contributed by atoms with Crippen molar-refractivity contribution >= 4 is 31.9 Å². The number of alkyl halides is 2. The Bertz CT molecular complexity index is 846. The number of benzene rings is 3. The van der Waals surface area contributed by atoms with Gasteiger partial charge in [-0.2, -0.15) is 0 Å². The monoisotopic (exact) mass is 546 g/mol. The lowest BCUT2D eigenvalue weighted by Gasteiger charge is -2.30. The zero-order valence-corrected chi connectivity index (χ0v) is 20.6. The highest BCUT2D eigenvalue weighted by Crippen LogP contribution is 2.22. The van der Waals surface area contributed by atoms with E-state index in [1.165, 1.54) is 0 Å². The third kappa shape index (κ3) is 8.51. The Labute approximate surface area is 202 Å². The molecule has 0 spiro atoms. The molecule has 3 nitrogen and oxygen atoms in total. The van der Waals surface area contributed by atoms with E-state index in [-0.39, 0.29) is 17.0 Å². The second kappa shape index (κ2) is 13.8. The normalized spacial score (nSPS) is 14.1. The van der Waals surface area contributed by atoms with Crippen LogP contribution in [0.15, 0.2) is 91.0 Å². The molecule has 0 aliphatic heterocycles. The third-order valence-electron chi connectivity index (χ3n) is 4.86. The molecule has 0 bridgehead atoms. The molecule has 0 fully saturated rings. The molecule has 0 saturated carbocycles. The van der Waals surface area contributed by atoms with Gasteiger partial charge in [-0.25, -0.2) is 0 Å². The Morgan fingerprint density at radius 3 is 1.55 bits per heavy atom. The third-order valence-corrected chi connectivity index (χ3v) is 6.28. The first-order valence-electron chi connectivity index (χ1n) is 10.4. The Morgan fingerprint density at radius 1 is 0.613 bits per heavy atom. The predicted octanol–water partition coefficient (Wildman–Crippen LogP) is 6.53. The fraction of sp³-hybridized carbons (Fsp3) is 0.308. The summed E-state index contributed by atoms with van der Waals surface area (Å²) in [5, 5.41) is 0.667. The molecular formula is C26H28Br2O3. The van der Waals surface area contributed by atoms with Crippen molar-refractivity contribution in [3.8, 4) is 0 Å². The Balaban J connectivity index is 1.61. The van der Waals surface area contributed by atoms with E-state index in [9.17, 15) is 0 Å². The topological polar surface area (TPSA) is 27.7 Å². The van der Waals surface area contributed by atoms with Gasteiger partial charge in [-0.05, 0) is 16.7 Å². The van der Waals surface area contributed by atoms with Gasteiger partial charge in [-0.15, -0.1) is 0 Å². The summed E-state index contributed by atoms with van der Waals surface area (Å²) in [7, 11) is 0. The average molecular weight is 548 g/mol. The zero-order chi connectivity index (χ0) is 21.7. The molecule has 0 heterocycles. The van der Waals surface area contributed by atoms with Crippen LogP contribution in [0.25, 0.3) is 0 Å². The summed E-state index contributed by atoms with van der Waals surface area (Å²) in [5.41, 5.74) is 3.43. The first-order valence-corrected chi connectivity index (χ1v) is 12.4. The maximum atomic E-state index is 6.35. The highest BCUT2D eigenvalue weighted by Gasteiger charge is 2.29. The van der Waals surface area contributed by atoms with Crippen molar-refractivity contribution in [2.24, 2.45) is 0 Å². The summed E-state index contributed by atoms with van der Waals surface area (Å²) >= 11 is 7.43. The molecule has 5 heteroatoms. The minimum absolute atomic E-state index is 0.0155. The quantitative estimate of drug-likeness (QED) is 0.228. The molecular weight excluding hydrogens is 520 g/mol. The number of rotatable bonds is 13. The van der Waals surface area contributed by atoms with E-state index in [0.29, 0.717) is 31.8 Å². The van der Waals surface area contributed by atoms with Gasteiger partial charge in [0, 0.05) is 5.33 Å². The molecule has 0 aliphatic rings. The van der Waals surface area contributed by atoms with Crippen LogP contribution in [-0.4, -0.2) is 29.0 Å². The second-order valence-corrected chi connectivity index (χ2v) is 9.09. The lowest BCUT2D eigenvalue weighted by molar-refractivity contribution is -0.0819. The highest BCUT2D eigenvalue weighted by molar-refractivity contribution is 9.09. The van der Waals surface area contributed by atoms with E-state index in [1.807, 2.05) is 54.6 Å². The van der Waals surface area contributed by atoms with E-state index in [2.05, 4.69) is 68.3 Å². The van der Waals surface area contributed by atoms with Crippen molar-refractivity contribution in [2.75, 3.05) is 11.9 Å². The first kappa shape index (κ1) is 24.1. The summed E-state index contributed by atoms with van der Waals surface area (Å²) in [5.74, 6) is 0. The van der Waals surface area contributed by atoms with Gasteiger partial charge in [0.05, 0.1) is 43.5 Å². The summed E-state index contributed by atoms with van der Waals surface area (Å²) in [4.78, 5) is -0.0155. The summed E-state index contributed by atoms with van der Waals surface area (Å²) < 4.78 is 18.6. The van der Waals surface area contributed by atoms with E-state index < -0.39 is 0 Å². The molecule has 3 atom stereocenters. The standard InChI is InChI=1S/C26H28Br2O3/c27-16-25(30-18-22-12-6-2-7-13-22)26(31-19-23-14-8-3-9-15-23)24(28)20-29-17-21-10-4-1-5-11-21/h1-15,24-26H,16-20H2/t24-,25+,26-/m1/s1. The van der Waals surface area contributed by atoms with Gasteiger partial charge in [0.2, 0.25) is 0 Å². The van der Waals surface area contributed by atoms with Crippen LogP contribution in [0.5, 0.6) is 0 Å². The summed E-state index contributed by atoms with van der Waals surface area (Å²) in [6.45, 7) is 2.14. The highest BCUT2D eigenvalue weighted by atomic mass is 79.9. The van der Waals surface area contributed by atoms with Crippen LogP contribution in [-0.2, 0) is 34.0 Å². The van der Waals surface area contributed by atoms with Gasteiger partial charge in [0.25, 0.3) is 0 Å². The van der Waals surface area contributed by atoms with Crippen LogP contribution in [0.4, 0.5) is 0 Å². The first-order chi connectivity index (χ1) is 15.3. The molecule has 31 heavy (non-hydrogen) atoms.